The largest absolute Gasteiger partial charge is 0.493 e. The second-order valence-corrected chi connectivity index (χ2v) is 10.9. The van der Waals surface area contributed by atoms with Crippen LogP contribution < -0.4 is 8.92 Å². The average molecular weight is 542 g/mol. The van der Waals surface area contributed by atoms with Gasteiger partial charge in [0.05, 0.1) is 7.11 Å². The van der Waals surface area contributed by atoms with Gasteiger partial charge < -0.3 is 13.8 Å². The van der Waals surface area contributed by atoms with Crippen molar-refractivity contribution in [3.05, 3.63) is 89.2 Å². The third kappa shape index (κ3) is 7.57. The minimum Gasteiger partial charge on any atom is -0.493 e. The van der Waals surface area contributed by atoms with E-state index in [0.29, 0.717) is 11.1 Å². The van der Waals surface area contributed by atoms with E-state index in [-0.39, 0.29) is 34.9 Å². The van der Waals surface area contributed by atoms with Crippen LogP contribution in [-0.4, -0.2) is 32.4 Å². The van der Waals surface area contributed by atoms with E-state index in [4.69, 9.17) is 8.92 Å². The molecule has 0 bridgehead atoms. The fourth-order valence-electron chi connectivity index (χ4n) is 4.06. The van der Waals surface area contributed by atoms with Gasteiger partial charge in [0, 0.05) is 18.2 Å². The number of halogens is 1. The van der Waals surface area contributed by atoms with Gasteiger partial charge in [-0.05, 0) is 85.8 Å². The van der Waals surface area contributed by atoms with E-state index in [1.165, 1.54) is 19.1 Å². The molecule has 6 nitrogen and oxygen atoms in total. The highest BCUT2D eigenvalue weighted by atomic mass is 32.2. The number of unbranched alkanes of at least 4 members (excludes halogenated alkanes) is 2. The Bertz CT molecular complexity index is 1310. The lowest BCUT2D eigenvalue weighted by Gasteiger charge is -2.29. The summed E-state index contributed by atoms with van der Waals surface area (Å²) in [5.41, 5.74) is 2.50. The van der Waals surface area contributed by atoms with E-state index in [1.54, 1.807) is 23.1 Å². The molecule has 0 spiro atoms. The molecule has 8 heteroatoms. The first kappa shape index (κ1) is 29.2. The third-order valence-corrected chi connectivity index (χ3v) is 7.78. The molecule has 0 radical (unpaired) electrons. The summed E-state index contributed by atoms with van der Waals surface area (Å²) < 4.78 is 49.6. The zero-order valence-electron chi connectivity index (χ0n) is 22.4. The molecule has 0 aromatic heterocycles. The van der Waals surface area contributed by atoms with Crippen molar-refractivity contribution in [1.82, 2.24) is 4.90 Å². The lowest BCUT2D eigenvalue weighted by molar-refractivity contribution is 0.0671. The van der Waals surface area contributed by atoms with E-state index in [1.807, 2.05) is 38.1 Å². The number of carbonyl (C=O) groups is 1. The number of ether oxygens (including phenoxy) is 1. The zero-order valence-corrected chi connectivity index (χ0v) is 23.3. The summed E-state index contributed by atoms with van der Waals surface area (Å²) in [6.45, 7) is 6.42. The number of methoxy groups -OCH3 is 1. The Kier molecular flexibility index (Phi) is 10.3. The van der Waals surface area contributed by atoms with Crippen LogP contribution in [0.25, 0.3) is 0 Å². The highest BCUT2D eigenvalue weighted by molar-refractivity contribution is 7.87. The van der Waals surface area contributed by atoms with E-state index in [9.17, 15) is 17.6 Å². The monoisotopic (exact) mass is 541 g/mol. The van der Waals surface area contributed by atoms with Gasteiger partial charge in [-0.15, -0.1) is 0 Å². The highest BCUT2D eigenvalue weighted by Gasteiger charge is 2.23. The lowest BCUT2D eigenvalue weighted by atomic mass is 10.0. The SMILES string of the molecule is CCCCCc1ccc(C(=O)N(Cc2ccc(OC)c(OS(=O)(=O)c3ccc(F)cc3)c2)[C@H](C)CC)cc1. The lowest BCUT2D eigenvalue weighted by Crippen LogP contribution is -2.37. The van der Waals surface area contributed by atoms with Gasteiger partial charge in [-0.2, -0.15) is 8.42 Å². The molecule has 0 unspecified atom stereocenters. The number of rotatable bonds is 13. The molecule has 1 amide bonds. The maximum absolute atomic E-state index is 13.5. The Balaban J connectivity index is 1.84. The van der Waals surface area contributed by atoms with Crippen LogP contribution in [0.1, 0.15) is 67.9 Å². The predicted molar refractivity (Wildman–Crippen MR) is 147 cm³/mol. The molecule has 0 N–H and O–H groups in total. The fourth-order valence-corrected chi connectivity index (χ4v) is 4.99. The van der Waals surface area contributed by atoms with Crippen molar-refractivity contribution < 1.29 is 26.5 Å². The van der Waals surface area contributed by atoms with Gasteiger partial charge >= 0.3 is 10.1 Å². The summed E-state index contributed by atoms with van der Waals surface area (Å²) >= 11 is 0. The Morgan fingerprint density at radius 2 is 1.58 bits per heavy atom. The Morgan fingerprint density at radius 1 is 0.921 bits per heavy atom. The van der Waals surface area contributed by atoms with Crippen molar-refractivity contribution in [2.24, 2.45) is 0 Å². The number of aryl methyl sites for hydroxylation is 1. The molecule has 3 aromatic rings. The molecular weight excluding hydrogens is 505 g/mol. The molecule has 1 atom stereocenters. The fraction of sp³-hybridized carbons (Fsp3) is 0.367. The molecule has 0 aliphatic rings. The number of carbonyl (C=O) groups excluding carboxylic acids is 1. The van der Waals surface area contributed by atoms with Gasteiger partial charge in [-0.1, -0.05) is 44.9 Å². The van der Waals surface area contributed by atoms with Crippen LogP contribution in [0.3, 0.4) is 0 Å². The van der Waals surface area contributed by atoms with E-state index >= 15 is 0 Å². The molecule has 3 rings (SSSR count). The number of nitrogens with zero attached hydrogens (tertiary/aromatic N) is 1. The summed E-state index contributed by atoms with van der Waals surface area (Å²) in [5, 5.41) is 0. The molecule has 0 saturated heterocycles. The molecule has 0 heterocycles. The molecule has 0 aliphatic carbocycles. The van der Waals surface area contributed by atoms with Crippen molar-refractivity contribution in [2.45, 2.75) is 70.4 Å². The van der Waals surface area contributed by atoms with Crippen LogP contribution in [-0.2, 0) is 23.1 Å². The summed E-state index contributed by atoms with van der Waals surface area (Å²) in [5.74, 6) is -0.442. The normalized spacial score (nSPS) is 12.1. The minimum absolute atomic E-state index is 0.0118. The molecule has 3 aromatic carbocycles. The molecule has 0 aliphatic heterocycles. The first-order valence-corrected chi connectivity index (χ1v) is 14.4. The van der Waals surface area contributed by atoms with Crippen LogP contribution in [0.15, 0.2) is 71.6 Å². The number of hydrogen-bond donors (Lipinski definition) is 0. The van der Waals surface area contributed by atoms with Crippen molar-refractivity contribution in [2.75, 3.05) is 7.11 Å². The van der Waals surface area contributed by atoms with Crippen LogP contribution in [0.4, 0.5) is 4.39 Å². The molecule has 38 heavy (non-hydrogen) atoms. The second kappa shape index (κ2) is 13.4. The van der Waals surface area contributed by atoms with E-state index in [0.717, 1.165) is 49.9 Å². The van der Waals surface area contributed by atoms with Crippen molar-refractivity contribution in [1.29, 1.82) is 0 Å². The summed E-state index contributed by atoms with van der Waals surface area (Å²) in [6, 6.07) is 17.0. The Labute approximate surface area is 225 Å². The Morgan fingerprint density at radius 3 is 2.18 bits per heavy atom. The number of amides is 1. The zero-order chi connectivity index (χ0) is 27.7. The molecule has 0 saturated carbocycles. The standard InChI is InChI=1S/C30H36FNO5S/c1-5-7-8-9-23-10-13-25(14-11-23)30(33)32(22(3)6-2)21-24-12-19-28(36-4)29(20-24)37-38(34,35)27-17-15-26(31)16-18-27/h10-20,22H,5-9,21H2,1-4H3/t22-/m1/s1. The Hall–Kier alpha value is -3.39. The van der Waals surface area contributed by atoms with E-state index in [2.05, 4.69) is 6.92 Å². The van der Waals surface area contributed by atoms with Crippen molar-refractivity contribution >= 4 is 16.0 Å². The summed E-state index contributed by atoms with van der Waals surface area (Å²) in [6.07, 6.45) is 5.21. The van der Waals surface area contributed by atoms with Crippen LogP contribution >= 0.6 is 0 Å². The van der Waals surface area contributed by atoms with Gasteiger partial charge in [-0.3, -0.25) is 4.79 Å². The predicted octanol–water partition coefficient (Wildman–Crippen LogP) is 6.78. The average Bonchev–Trinajstić information content (AvgIpc) is 2.91. The minimum atomic E-state index is -4.23. The van der Waals surface area contributed by atoms with Crippen molar-refractivity contribution in [3.8, 4) is 11.5 Å². The van der Waals surface area contributed by atoms with E-state index < -0.39 is 15.9 Å². The van der Waals surface area contributed by atoms with Gasteiger partial charge in [0.1, 0.15) is 10.7 Å². The second-order valence-electron chi connectivity index (χ2n) is 9.32. The first-order valence-electron chi connectivity index (χ1n) is 12.9. The van der Waals surface area contributed by atoms with Crippen LogP contribution in [0.2, 0.25) is 0 Å². The maximum atomic E-state index is 13.5. The maximum Gasteiger partial charge on any atom is 0.339 e. The smallest absolute Gasteiger partial charge is 0.339 e. The molecule has 0 fully saturated rings. The summed E-state index contributed by atoms with van der Waals surface area (Å²) in [7, 11) is -2.82. The highest BCUT2D eigenvalue weighted by Crippen LogP contribution is 2.32. The molecular formula is C30H36FNO5S. The van der Waals surface area contributed by atoms with Crippen molar-refractivity contribution in [3.63, 3.8) is 0 Å². The first-order chi connectivity index (χ1) is 18.2. The molecule has 204 valence electrons. The van der Waals surface area contributed by atoms with Crippen LogP contribution in [0.5, 0.6) is 11.5 Å². The third-order valence-electron chi connectivity index (χ3n) is 6.54. The number of benzene rings is 3. The van der Waals surface area contributed by atoms with Gasteiger partial charge in [0.15, 0.2) is 11.5 Å². The van der Waals surface area contributed by atoms with Gasteiger partial charge in [0.2, 0.25) is 0 Å². The van der Waals surface area contributed by atoms with Crippen LogP contribution in [0, 0.1) is 5.82 Å². The topological polar surface area (TPSA) is 72.9 Å². The number of hydrogen-bond acceptors (Lipinski definition) is 5. The van der Waals surface area contributed by atoms with Gasteiger partial charge in [0.25, 0.3) is 5.91 Å². The quantitative estimate of drug-likeness (QED) is 0.176. The van der Waals surface area contributed by atoms with Gasteiger partial charge in [-0.25, -0.2) is 4.39 Å². The summed E-state index contributed by atoms with van der Waals surface area (Å²) in [4.78, 5) is 15.1.